The van der Waals surface area contributed by atoms with Crippen molar-refractivity contribution in [2.75, 3.05) is 13.1 Å². The molecular formula is C4H8F6N2. The van der Waals surface area contributed by atoms with Gasteiger partial charge < -0.3 is 11.5 Å². The van der Waals surface area contributed by atoms with E-state index in [9.17, 15) is 26.3 Å². The lowest BCUT2D eigenvalue weighted by atomic mass is 10.7. The van der Waals surface area contributed by atoms with E-state index in [4.69, 9.17) is 0 Å². The first-order chi connectivity index (χ1) is 5.12. The molecule has 0 heterocycles. The van der Waals surface area contributed by atoms with E-state index in [2.05, 4.69) is 11.5 Å². The molecule has 0 rings (SSSR count). The van der Waals surface area contributed by atoms with Crippen LogP contribution in [0.5, 0.6) is 0 Å². The molecule has 0 aliphatic rings. The van der Waals surface area contributed by atoms with Crippen LogP contribution in [0.4, 0.5) is 26.3 Å². The highest BCUT2D eigenvalue weighted by Crippen LogP contribution is 2.10. The third kappa shape index (κ3) is 22.7. The molecule has 0 aliphatic carbocycles. The Balaban J connectivity index is 0. The van der Waals surface area contributed by atoms with Crippen molar-refractivity contribution in [3.05, 3.63) is 0 Å². The minimum Gasteiger partial charge on any atom is -0.323 e. The summed E-state index contributed by atoms with van der Waals surface area (Å²) in [4.78, 5) is 0. The van der Waals surface area contributed by atoms with Crippen molar-refractivity contribution in [1.29, 1.82) is 0 Å². The highest BCUT2D eigenvalue weighted by atomic mass is 19.4. The molecule has 0 bridgehead atoms. The third-order valence-electron chi connectivity index (χ3n) is 0.463. The Hall–Kier alpha value is -0.500. The Morgan fingerprint density at radius 1 is 0.667 bits per heavy atom. The van der Waals surface area contributed by atoms with Gasteiger partial charge in [0.2, 0.25) is 0 Å². The molecule has 12 heavy (non-hydrogen) atoms. The molecule has 0 aromatic rings. The van der Waals surface area contributed by atoms with Gasteiger partial charge in [-0.25, -0.2) is 0 Å². The van der Waals surface area contributed by atoms with E-state index in [1.807, 2.05) is 0 Å². The van der Waals surface area contributed by atoms with Gasteiger partial charge in [-0.15, -0.1) is 0 Å². The number of nitrogens with two attached hydrogens (primary N) is 2. The minimum atomic E-state index is -4.18. The van der Waals surface area contributed by atoms with Crippen LogP contribution >= 0.6 is 0 Å². The summed E-state index contributed by atoms with van der Waals surface area (Å²) in [6.07, 6.45) is -8.36. The standard InChI is InChI=1S/2C2H4F3N/c2*3-2(4,5)1-6/h2*1,6H2. The zero-order valence-corrected chi connectivity index (χ0v) is 5.84. The monoisotopic (exact) mass is 198 g/mol. The normalized spacial score (nSPS) is 12.0. The van der Waals surface area contributed by atoms with Crippen molar-refractivity contribution < 1.29 is 26.3 Å². The van der Waals surface area contributed by atoms with Gasteiger partial charge in [-0.3, -0.25) is 0 Å². The first-order valence-corrected chi connectivity index (χ1v) is 2.66. The van der Waals surface area contributed by atoms with Crippen molar-refractivity contribution in [3.63, 3.8) is 0 Å². The molecule has 0 aliphatic heterocycles. The van der Waals surface area contributed by atoms with Crippen molar-refractivity contribution >= 4 is 0 Å². The largest absolute Gasteiger partial charge is 0.400 e. The van der Waals surface area contributed by atoms with Crippen LogP contribution < -0.4 is 11.5 Å². The fraction of sp³-hybridized carbons (Fsp3) is 1.00. The van der Waals surface area contributed by atoms with Gasteiger partial charge in [-0.05, 0) is 0 Å². The van der Waals surface area contributed by atoms with Gasteiger partial charge in [0, 0.05) is 0 Å². The fourth-order valence-corrected chi connectivity index (χ4v) is 0. The summed E-state index contributed by atoms with van der Waals surface area (Å²) in [6.45, 7) is -2.46. The average Bonchev–Trinajstić information content (AvgIpc) is 1.86. The zero-order chi connectivity index (χ0) is 10.4. The second-order valence-electron chi connectivity index (χ2n) is 1.64. The van der Waals surface area contributed by atoms with Crippen LogP contribution in [-0.2, 0) is 0 Å². The summed E-state index contributed by atoms with van der Waals surface area (Å²) >= 11 is 0. The molecule has 0 amide bonds. The Morgan fingerprint density at radius 2 is 0.750 bits per heavy atom. The maximum Gasteiger partial charge on any atom is 0.400 e. The molecule has 2 nitrogen and oxygen atoms in total. The van der Waals surface area contributed by atoms with Crippen LogP contribution in [0.2, 0.25) is 0 Å². The van der Waals surface area contributed by atoms with Gasteiger partial charge in [0.15, 0.2) is 0 Å². The summed E-state index contributed by atoms with van der Waals surface area (Å²) in [5.41, 5.74) is 8.36. The van der Waals surface area contributed by atoms with E-state index in [1.54, 1.807) is 0 Å². The second kappa shape index (κ2) is 5.20. The molecule has 0 saturated heterocycles. The molecule has 0 unspecified atom stereocenters. The lowest BCUT2D eigenvalue weighted by molar-refractivity contribution is -0.119. The predicted octanol–water partition coefficient (Wildman–Crippen LogP) is 1.01. The minimum absolute atomic E-state index is 1.23. The molecular weight excluding hydrogens is 190 g/mol. The smallest absolute Gasteiger partial charge is 0.323 e. The Labute approximate surface area is 64.5 Å². The molecule has 0 spiro atoms. The van der Waals surface area contributed by atoms with Crippen molar-refractivity contribution in [2.24, 2.45) is 11.5 Å². The van der Waals surface area contributed by atoms with Gasteiger partial charge >= 0.3 is 12.4 Å². The summed E-state index contributed by atoms with van der Waals surface area (Å²) in [6, 6.07) is 0. The van der Waals surface area contributed by atoms with Crippen LogP contribution in [0.15, 0.2) is 0 Å². The van der Waals surface area contributed by atoms with Crippen molar-refractivity contribution in [2.45, 2.75) is 12.4 Å². The van der Waals surface area contributed by atoms with Crippen LogP contribution in [0.3, 0.4) is 0 Å². The lowest BCUT2D eigenvalue weighted by Gasteiger charge is -1.96. The predicted molar refractivity (Wildman–Crippen MR) is 30.2 cm³/mol. The van der Waals surface area contributed by atoms with Gasteiger partial charge in [-0.1, -0.05) is 0 Å². The average molecular weight is 198 g/mol. The molecule has 0 aromatic carbocycles. The SMILES string of the molecule is NCC(F)(F)F.NCC(F)(F)F. The summed E-state index contributed by atoms with van der Waals surface area (Å²) in [7, 11) is 0. The van der Waals surface area contributed by atoms with Gasteiger partial charge in [0.1, 0.15) is 0 Å². The quantitative estimate of drug-likeness (QED) is 0.571. The second-order valence-corrected chi connectivity index (χ2v) is 1.64. The fourth-order valence-electron chi connectivity index (χ4n) is 0. The number of alkyl halides is 6. The Morgan fingerprint density at radius 3 is 0.750 bits per heavy atom. The van der Waals surface area contributed by atoms with E-state index in [-0.39, 0.29) is 0 Å². The number of hydrogen-bond donors (Lipinski definition) is 2. The molecule has 0 aromatic heterocycles. The van der Waals surface area contributed by atoms with E-state index >= 15 is 0 Å². The zero-order valence-electron chi connectivity index (χ0n) is 5.84. The van der Waals surface area contributed by atoms with Crippen molar-refractivity contribution in [3.8, 4) is 0 Å². The first-order valence-electron chi connectivity index (χ1n) is 2.66. The molecule has 0 radical (unpaired) electrons. The summed E-state index contributed by atoms with van der Waals surface area (Å²) < 4.78 is 64.0. The Bertz CT molecular complexity index is 91.1. The molecule has 4 N–H and O–H groups in total. The van der Waals surface area contributed by atoms with E-state index in [0.29, 0.717) is 0 Å². The van der Waals surface area contributed by atoms with E-state index < -0.39 is 25.4 Å². The van der Waals surface area contributed by atoms with Gasteiger partial charge in [-0.2, -0.15) is 26.3 Å². The topological polar surface area (TPSA) is 52.0 Å². The van der Waals surface area contributed by atoms with Crippen LogP contribution in [0.1, 0.15) is 0 Å². The summed E-state index contributed by atoms with van der Waals surface area (Å²) in [5.74, 6) is 0. The third-order valence-corrected chi connectivity index (χ3v) is 0.463. The summed E-state index contributed by atoms with van der Waals surface area (Å²) in [5, 5.41) is 0. The highest BCUT2D eigenvalue weighted by Gasteiger charge is 2.23. The molecule has 0 saturated carbocycles. The van der Waals surface area contributed by atoms with E-state index in [0.717, 1.165) is 0 Å². The molecule has 76 valence electrons. The van der Waals surface area contributed by atoms with Crippen LogP contribution in [0, 0.1) is 0 Å². The molecule has 0 atom stereocenters. The number of halogens is 6. The Kier molecular flexibility index (Phi) is 6.09. The van der Waals surface area contributed by atoms with Gasteiger partial charge in [0.25, 0.3) is 0 Å². The van der Waals surface area contributed by atoms with Crippen LogP contribution in [-0.4, -0.2) is 25.4 Å². The van der Waals surface area contributed by atoms with Crippen molar-refractivity contribution in [1.82, 2.24) is 0 Å². The lowest BCUT2D eigenvalue weighted by Crippen LogP contribution is -2.21. The maximum atomic E-state index is 10.7. The number of rotatable bonds is 0. The van der Waals surface area contributed by atoms with Gasteiger partial charge in [0.05, 0.1) is 13.1 Å². The van der Waals surface area contributed by atoms with Crippen LogP contribution in [0.25, 0.3) is 0 Å². The molecule has 8 heteroatoms. The molecule has 0 fully saturated rings. The highest BCUT2D eigenvalue weighted by molar-refractivity contribution is 4.45. The first kappa shape index (κ1) is 14.0. The van der Waals surface area contributed by atoms with E-state index in [1.165, 1.54) is 0 Å². The number of hydrogen-bond acceptors (Lipinski definition) is 2. The maximum absolute atomic E-state index is 10.7.